The number of halogens is 1. The maximum atomic E-state index is 13.3. The van der Waals surface area contributed by atoms with Gasteiger partial charge in [0.1, 0.15) is 5.82 Å². The van der Waals surface area contributed by atoms with Crippen LogP contribution in [-0.4, -0.2) is 31.6 Å². The van der Waals surface area contributed by atoms with Crippen LogP contribution < -0.4 is 5.32 Å². The number of hydrogen-bond acceptors (Lipinski definition) is 2. The van der Waals surface area contributed by atoms with Gasteiger partial charge in [-0.05, 0) is 88.0 Å². The summed E-state index contributed by atoms with van der Waals surface area (Å²) in [5, 5.41) is 3.25. The van der Waals surface area contributed by atoms with E-state index in [-0.39, 0.29) is 5.82 Å². The zero-order chi connectivity index (χ0) is 13.9. The molecule has 110 valence electrons. The van der Waals surface area contributed by atoms with Crippen LogP contribution >= 0.6 is 0 Å². The van der Waals surface area contributed by atoms with Crippen LogP contribution in [0.4, 0.5) is 4.39 Å². The third kappa shape index (κ3) is 2.89. The minimum absolute atomic E-state index is 0.0878. The van der Waals surface area contributed by atoms with Crippen LogP contribution in [-0.2, 0) is 6.42 Å². The second-order valence-corrected chi connectivity index (χ2v) is 6.27. The Kier molecular flexibility index (Phi) is 4.37. The minimum atomic E-state index is -0.0878. The van der Waals surface area contributed by atoms with E-state index in [1.54, 1.807) is 12.1 Å². The normalized spacial score (nSPS) is 24.0. The molecule has 1 N–H and O–H groups in total. The highest BCUT2D eigenvalue weighted by Crippen LogP contribution is 2.38. The van der Waals surface area contributed by atoms with E-state index in [4.69, 9.17) is 0 Å². The van der Waals surface area contributed by atoms with Gasteiger partial charge in [0.2, 0.25) is 0 Å². The van der Waals surface area contributed by atoms with Crippen molar-refractivity contribution in [2.45, 2.75) is 38.1 Å². The van der Waals surface area contributed by atoms with Crippen molar-refractivity contribution < 1.29 is 4.39 Å². The first-order valence-corrected chi connectivity index (χ1v) is 7.95. The van der Waals surface area contributed by atoms with E-state index in [0.717, 1.165) is 18.9 Å². The molecule has 3 rings (SSSR count). The van der Waals surface area contributed by atoms with Gasteiger partial charge < -0.3 is 5.32 Å². The number of nitrogens with zero attached hydrogens (tertiary/aromatic N) is 1. The third-order valence-corrected chi connectivity index (χ3v) is 5.04. The molecule has 1 aromatic rings. The van der Waals surface area contributed by atoms with Gasteiger partial charge in [-0.15, -0.1) is 0 Å². The molecule has 1 aliphatic heterocycles. The van der Waals surface area contributed by atoms with Crippen molar-refractivity contribution in [2.24, 2.45) is 5.92 Å². The highest BCUT2D eigenvalue weighted by Gasteiger charge is 2.30. The van der Waals surface area contributed by atoms with Gasteiger partial charge in [0.15, 0.2) is 0 Å². The molecule has 0 spiro atoms. The number of likely N-dealkylation sites (tertiary alicyclic amines) is 1. The predicted octanol–water partition coefficient (Wildman–Crippen LogP) is 3.13. The van der Waals surface area contributed by atoms with Crippen molar-refractivity contribution in [3.8, 4) is 0 Å². The highest BCUT2D eigenvalue weighted by molar-refractivity contribution is 5.35. The predicted molar refractivity (Wildman–Crippen MR) is 80.3 cm³/mol. The Morgan fingerprint density at radius 2 is 2.05 bits per heavy atom. The van der Waals surface area contributed by atoms with Gasteiger partial charge in [-0.25, -0.2) is 4.39 Å². The van der Waals surface area contributed by atoms with E-state index < -0.39 is 0 Å². The van der Waals surface area contributed by atoms with Crippen LogP contribution in [0.2, 0.25) is 0 Å². The molecule has 20 heavy (non-hydrogen) atoms. The zero-order valence-electron chi connectivity index (χ0n) is 12.4. The summed E-state index contributed by atoms with van der Waals surface area (Å²) in [6.07, 6.45) is 6.14. The second kappa shape index (κ2) is 6.23. The first-order valence-electron chi connectivity index (χ1n) is 7.95. The Labute approximate surface area is 121 Å². The van der Waals surface area contributed by atoms with Gasteiger partial charge in [-0.3, -0.25) is 4.90 Å². The fraction of sp³-hybridized carbons (Fsp3) is 0.647. The van der Waals surface area contributed by atoms with Crippen LogP contribution in [0, 0.1) is 11.7 Å². The average molecular weight is 276 g/mol. The van der Waals surface area contributed by atoms with Gasteiger partial charge in [0.25, 0.3) is 0 Å². The molecule has 0 bridgehead atoms. The Balaban J connectivity index is 1.60. The Morgan fingerprint density at radius 1 is 1.25 bits per heavy atom. The quantitative estimate of drug-likeness (QED) is 0.909. The topological polar surface area (TPSA) is 15.3 Å². The van der Waals surface area contributed by atoms with Crippen molar-refractivity contribution in [3.05, 3.63) is 35.1 Å². The van der Waals surface area contributed by atoms with Crippen molar-refractivity contribution in [2.75, 3.05) is 26.7 Å². The number of benzene rings is 1. The van der Waals surface area contributed by atoms with Crippen molar-refractivity contribution >= 4 is 0 Å². The van der Waals surface area contributed by atoms with Crippen LogP contribution in [0.15, 0.2) is 18.2 Å². The molecule has 0 radical (unpaired) electrons. The van der Waals surface area contributed by atoms with Crippen LogP contribution in [0.25, 0.3) is 0 Å². The van der Waals surface area contributed by atoms with Crippen molar-refractivity contribution in [1.82, 2.24) is 10.2 Å². The molecule has 0 saturated carbocycles. The molecule has 1 fully saturated rings. The molecule has 1 saturated heterocycles. The van der Waals surface area contributed by atoms with Crippen molar-refractivity contribution in [1.29, 1.82) is 0 Å². The lowest BCUT2D eigenvalue weighted by Crippen LogP contribution is -2.36. The number of aryl methyl sites for hydroxylation is 1. The van der Waals surface area contributed by atoms with E-state index in [2.05, 4.69) is 10.2 Å². The summed E-state index contributed by atoms with van der Waals surface area (Å²) in [5.41, 5.74) is 2.60. The van der Waals surface area contributed by atoms with Gasteiger partial charge in [0.05, 0.1) is 0 Å². The van der Waals surface area contributed by atoms with Crippen molar-refractivity contribution in [3.63, 3.8) is 0 Å². The van der Waals surface area contributed by atoms with Crippen LogP contribution in [0.5, 0.6) is 0 Å². The summed E-state index contributed by atoms with van der Waals surface area (Å²) in [7, 11) is 2.03. The lowest BCUT2D eigenvalue weighted by Gasteiger charge is -2.36. The first kappa shape index (κ1) is 14.0. The first-order chi connectivity index (χ1) is 9.78. The fourth-order valence-corrected chi connectivity index (χ4v) is 3.84. The molecule has 1 unspecified atom stereocenters. The lowest BCUT2D eigenvalue weighted by molar-refractivity contribution is 0.129. The summed E-state index contributed by atoms with van der Waals surface area (Å²) >= 11 is 0. The number of rotatable bonds is 4. The molecule has 2 aliphatic rings. The Morgan fingerprint density at radius 3 is 2.80 bits per heavy atom. The molecule has 1 aliphatic carbocycles. The van der Waals surface area contributed by atoms with Gasteiger partial charge >= 0.3 is 0 Å². The van der Waals surface area contributed by atoms with Crippen LogP contribution in [0.3, 0.4) is 0 Å². The molecule has 1 heterocycles. The summed E-state index contributed by atoms with van der Waals surface area (Å²) in [4.78, 5) is 2.62. The highest BCUT2D eigenvalue weighted by atomic mass is 19.1. The number of nitrogens with one attached hydrogen (secondary N) is 1. The second-order valence-electron chi connectivity index (χ2n) is 6.27. The summed E-state index contributed by atoms with van der Waals surface area (Å²) in [6.45, 7) is 3.54. The minimum Gasteiger partial charge on any atom is -0.320 e. The maximum absolute atomic E-state index is 13.3. The molecule has 0 amide bonds. The largest absolute Gasteiger partial charge is 0.320 e. The summed E-state index contributed by atoms with van der Waals surface area (Å²) in [6, 6.07) is 5.90. The van der Waals surface area contributed by atoms with Gasteiger partial charge in [-0.1, -0.05) is 6.07 Å². The lowest BCUT2D eigenvalue weighted by atomic mass is 9.92. The monoisotopic (exact) mass is 276 g/mol. The molecule has 2 nitrogen and oxygen atoms in total. The number of piperidine rings is 1. The molecule has 1 aromatic carbocycles. The van der Waals surface area contributed by atoms with E-state index in [0.29, 0.717) is 6.04 Å². The zero-order valence-corrected chi connectivity index (χ0v) is 12.4. The third-order valence-electron chi connectivity index (χ3n) is 5.04. The molecule has 0 aromatic heterocycles. The average Bonchev–Trinajstić information content (AvgIpc) is 2.88. The van der Waals surface area contributed by atoms with Gasteiger partial charge in [0, 0.05) is 6.04 Å². The van der Waals surface area contributed by atoms with Crippen LogP contribution in [0.1, 0.15) is 42.9 Å². The number of fused-ring (bicyclic) bond motifs is 1. The maximum Gasteiger partial charge on any atom is 0.123 e. The van der Waals surface area contributed by atoms with E-state index in [1.807, 2.05) is 13.1 Å². The van der Waals surface area contributed by atoms with E-state index in [1.165, 1.54) is 49.9 Å². The molecular formula is C17H25FN2. The summed E-state index contributed by atoms with van der Waals surface area (Å²) < 4.78 is 13.3. The standard InChI is InChI=1S/C17H25FN2/c1-19-9-6-13-7-10-20(11-8-13)17-5-2-14-12-15(18)3-4-16(14)17/h3-4,12-13,17,19H,2,5-11H2,1H3. The Hall–Kier alpha value is -0.930. The van der Waals surface area contributed by atoms with E-state index in [9.17, 15) is 4.39 Å². The summed E-state index contributed by atoms with van der Waals surface area (Å²) in [5.74, 6) is 0.794. The molecule has 1 atom stereocenters. The SMILES string of the molecule is CNCCC1CCN(C2CCc3cc(F)ccc32)CC1. The number of hydrogen-bond donors (Lipinski definition) is 1. The smallest absolute Gasteiger partial charge is 0.123 e. The fourth-order valence-electron chi connectivity index (χ4n) is 3.84. The molecular weight excluding hydrogens is 251 g/mol. The molecule has 3 heteroatoms. The van der Waals surface area contributed by atoms with Gasteiger partial charge in [-0.2, -0.15) is 0 Å². The van der Waals surface area contributed by atoms with E-state index >= 15 is 0 Å². The Bertz CT molecular complexity index is 452.